The summed E-state index contributed by atoms with van der Waals surface area (Å²) >= 11 is 0. The quantitative estimate of drug-likeness (QED) is 0.792. The van der Waals surface area contributed by atoms with Gasteiger partial charge < -0.3 is 9.80 Å². The number of hydrogen-bond acceptors (Lipinski definition) is 5. The Morgan fingerprint density at radius 3 is 2.50 bits per heavy atom. The number of likely N-dealkylation sites (tertiary alicyclic amines) is 1. The largest absolute Gasteiger partial charge is 0.354 e. The Labute approximate surface area is 145 Å². The topological polar surface area (TPSA) is 39.7 Å². The van der Waals surface area contributed by atoms with E-state index in [1.807, 2.05) is 12.1 Å². The van der Waals surface area contributed by atoms with Gasteiger partial charge in [-0.2, -0.15) is 0 Å². The third-order valence-corrected chi connectivity index (χ3v) is 5.63. The predicted octanol–water partition coefficient (Wildman–Crippen LogP) is 2.28. The molecule has 0 aliphatic carbocycles. The highest BCUT2D eigenvalue weighted by Crippen LogP contribution is 2.23. The molecule has 1 aromatic heterocycles. The molecule has 5 nitrogen and oxygen atoms in total. The number of piperazine rings is 1. The Bertz CT molecular complexity index is 551. The first-order chi connectivity index (χ1) is 11.6. The van der Waals surface area contributed by atoms with Crippen molar-refractivity contribution < 1.29 is 4.79 Å². The molecule has 0 amide bonds. The van der Waals surface area contributed by atoms with Gasteiger partial charge in [-0.05, 0) is 58.5 Å². The first kappa shape index (κ1) is 17.4. The number of nitrogens with zero attached hydrogens (tertiary/aromatic N) is 4. The van der Waals surface area contributed by atoms with Gasteiger partial charge in [0, 0.05) is 43.5 Å². The van der Waals surface area contributed by atoms with Crippen LogP contribution in [0.4, 0.5) is 5.82 Å². The number of pyridine rings is 1. The maximum Gasteiger partial charge on any atom is 0.161 e. The van der Waals surface area contributed by atoms with E-state index in [0.29, 0.717) is 11.6 Å². The third-order valence-electron chi connectivity index (χ3n) is 5.63. The zero-order chi connectivity index (χ0) is 17.1. The summed E-state index contributed by atoms with van der Waals surface area (Å²) in [5.41, 5.74) is 0.688. The van der Waals surface area contributed by atoms with E-state index in [2.05, 4.69) is 33.5 Å². The van der Waals surface area contributed by atoms with Crippen molar-refractivity contribution in [3.8, 4) is 0 Å². The molecular formula is C19H30N4O. The van der Waals surface area contributed by atoms with Crippen LogP contribution in [0.25, 0.3) is 0 Å². The molecule has 2 aliphatic heterocycles. The van der Waals surface area contributed by atoms with Crippen LogP contribution >= 0.6 is 0 Å². The van der Waals surface area contributed by atoms with Crippen molar-refractivity contribution in [3.63, 3.8) is 0 Å². The molecule has 2 saturated heterocycles. The van der Waals surface area contributed by atoms with Gasteiger partial charge in [0.05, 0.1) is 0 Å². The van der Waals surface area contributed by atoms with E-state index in [4.69, 9.17) is 0 Å². The number of piperidine rings is 1. The lowest BCUT2D eigenvalue weighted by Crippen LogP contribution is -2.57. The van der Waals surface area contributed by atoms with E-state index in [0.717, 1.165) is 31.5 Å². The lowest BCUT2D eigenvalue weighted by Gasteiger charge is -2.46. The molecule has 0 aromatic carbocycles. The normalized spacial score (nSPS) is 24.3. The van der Waals surface area contributed by atoms with Gasteiger partial charge in [0.25, 0.3) is 0 Å². The second-order valence-electron chi connectivity index (χ2n) is 7.16. The molecule has 1 unspecified atom stereocenters. The van der Waals surface area contributed by atoms with E-state index >= 15 is 0 Å². The van der Waals surface area contributed by atoms with E-state index < -0.39 is 0 Å². The summed E-state index contributed by atoms with van der Waals surface area (Å²) in [5, 5.41) is 0. The maximum absolute atomic E-state index is 11.4. The number of aromatic nitrogens is 1. The number of carbonyl (C=O) groups is 1. The van der Waals surface area contributed by atoms with Crippen molar-refractivity contribution in [1.29, 1.82) is 0 Å². The summed E-state index contributed by atoms with van der Waals surface area (Å²) in [5.74, 6) is 1.07. The zero-order valence-electron chi connectivity index (χ0n) is 15.2. The minimum atomic E-state index is 0.0747. The minimum absolute atomic E-state index is 0.0747. The predicted molar refractivity (Wildman–Crippen MR) is 97.8 cm³/mol. The van der Waals surface area contributed by atoms with E-state index in [1.165, 1.54) is 32.5 Å². The Balaban J connectivity index is 1.58. The SMILES string of the molecule is CCN1CCC(N2CCN(c3ccc(C(C)=O)cn3)CC2C)CC1. The van der Waals surface area contributed by atoms with Crippen LogP contribution in [0.5, 0.6) is 0 Å². The van der Waals surface area contributed by atoms with Gasteiger partial charge in [-0.1, -0.05) is 6.92 Å². The highest BCUT2D eigenvalue weighted by molar-refractivity contribution is 5.93. The highest BCUT2D eigenvalue weighted by Gasteiger charge is 2.31. The van der Waals surface area contributed by atoms with Crippen LogP contribution in [0.15, 0.2) is 18.3 Å². The van der Waals surface area contributed by atoms with Crippen molar-refractivity contribution in [2.24, 2.45) is 0 Å². The van der Waals surface area contributed by atoms with Crippen LogP contribution in [-0.4, -0.2) is 71.9 Å². The Hall–Kier alpha value is -1.46. The fraction of sp³-hybridized carbons (Fsp3) is 0.684. The number of anilines is 1. The minimum Gasteiger partial charge on any atom is -0.354 e. The monoisotopic (exact) mass is 330 g/mol. The van der Waals surface area contributed by atoms with Gasteiger partial charge in [-0.15, -0.1) is 0 Å². The number of hydrogen-bond donors (Lipinski definition) is 0. The molecule has 1 aromatic rings. The fourth-order valence-corrected chi connectivity index (χ4v) is 4.07. The van der Waals surface area contributed by atoms with E-state index in [1.54, 1.807) is 13.1 Å². The van der Waals surface area contributed by atoms with Crippen LogP contribution in [0, 0.1) is 0 Å². The lowest BCUT2D eigenvalue weighted by molar-refractivity contribution is 0.0731. The number of ketones is 1. The van der Waals surface area contributed by atoms with Gasteiger partial charge >= 0.3 is 0 Å². The van der Waals surface area contributed by atoms with Crippen molar-refractivity contribution >= 4 is 11.6 Å². The number of rotatable bonds is 4. The highest BCUT2D eigenvalue weighted by atomic mass is 16.1. The summed E-state index contributed by atoms with van der Waals surface area (Å²) in [6.07, 6.45) is 4.29. The molecule has 3 rings (SSSR count). The van der Waals surface area contributed by atoms with Crippen molar-refractivity contribution in [1.82, 2.24) is 14.8 Å². The third kappa shape index (κ3) is 3.78. The van der Waals surface area contributed by atoms with Crippen LogP contribution in [0.3, 0.4) is 0 Å². The molecular weight excluding hydrogens is 300 g/mol. The molecule has 0 N–H and O–H groups in total. The van der Waals surface area contributed by atoms with Crippen molar-refractivity contribution in [2.45, 2.75) is 45.7 Å². The Morgan fingerprint density at radius 1 is 1.21 bits per heavy atom. The Morgan fingerprint density at radius 2 is 1.96 bits per heavy atom. The van der Waals surface area contributed by atoms with Gasteiger partial charge in [-0.25, -0.2) is 4.98 Å². The molecule has 0 bridgehead atoms. The molecule has 1 atom stereocenters. The van der Waals surface area contributed by atoms with Crippen LogP contribution in [0.1, 0.15) is 44.0 Å². The second kappa shape index (κ2) is 7.62. The van der Waals surface area contributed by atoms with Crippen LogP contribution < -0.4 is 4.90 Å². The van der Waals surface area contributed by atoms with Gasteiger partial charge in [0.1, 0.15) is 5.82 Å². The van der Waals surface area contributed by atoms with Crippen LogP contribution in [0.2, 0.25) is 0 Å². The summed E-state index contributed by atoms with van der Waals surface area (Å²) in [7, 11) is 0. The summed E-state index contributed by atoms with van der Waals surface area (Å²) in [6.45, 7) is 13.0. The van der Waals surface area contributed by atoms with E-state index in [-0.39, 0.29) is 5.78 Å². The first-order valence-corrected chi connectivity index (χ1v) is 9.28. The average Bonchev–Trinajstić information content (AvgIpc) is 2.62. The molecule has 24 heavy (non-hydrogen) atoms. The molecule has 0 saturated carbocycles. The van der Waals surface area contributed by atoms with Crippen molar-refractivity contribution in [3.05, 3.63) is 23.9 Å². The molecule has 2 fully saturated rings. The van der Waals surface area contributed by atoms with E-state index in [9.17, 15) is 4.79 Å². The Kier molecular flexibility index (Phi) is 5.51. The molecule has 0 spiro atoms. The van der Waals surface area contributed by atoms with Gasteiger partial charge in [0.15, 0.2) is 5.78 Å². The first-order valence-electron chi connectivity index (χ1n) is 9.28. The molecule has 5 heteroatoms. The zero-order valence-corrected chi connectivity index (χ0v) is 15.2. The summed E-state index contributed by atoms with van der Waals surface area (Å²) < 4.78 is 0. The maximum atomic E-state index is 11.4. The fourth-order valence-electron chi connectivity index (χ4n) is 4.07. The average molecular weight is 330 g/mol. The smallest absolute Gasteiger partial charge is 0.161 e. The lowest BCUT2D eigenvalue weighted by atomic mass is 10.00. The number of Topliss-reactive ketones (excluding diaryl/α,β-unsaturated/α-hetero) is 1. The second-order valence-corrected chi connectivity index (χ2v) is 7.16. The van der Waals surface area contributed by atoms with Gasteiger partial charge in [-0.3, -0.25) is 9.69 Å². The van der Waals surface area contributed by atoms with Gasteiger partial charge in [0.2, 0.25) is 0 Å². The van der Waals surface area contributed by atoms with Crippen LogP contribution in [-0.2, 0) is 0 Å². The van der Waals surface area contributed by atoms with Crippen molar-refractivity contribution in [2.75, 3.05) is 44.2 Å². The molecule has 2 aliphatic rings. The molecule has 132 valence electrons. The molecule has 3 heterocycles. The number of carbonyl (C=O) groups excluding carboxylic acids is 1. The molecule has 0 radical (unpaired) electrons. The summed E-state index contributed by atoms with van der Waals surface area (Å²) in [4.78, 5) is 23.5. The summed E-state index contributed by atoms with van der Waals surface area (Å²) in [6, 6.07) is 5.16. The standard InChI is InChI=1S/C19H30N4O/c1-4-21-9-7-18(8-10-21)23-12-11-22(14-15(23)2)19-6-5-17(13-20-19)16(3)24/h5-6,13,15,18H,4,7-12,14H2,1-3H3.